The molecule has 1 aromatic heterocycles. The summed E-state index contributed by atoms with van der Waals surface area (Å²) in [4.78, 5) is 6.65. The van der Waals surface area contributed by atoms with Gasteiger partial charge in [0.15, 0.2) is 0 Å². The van der Waals surface area contributed by atoms with Crippen molar-refractivity contribution in [2.75, 3.05) is 26.8 Å². The summed E-state index contributed by atoms with van der Waals surface area (Å²) in [5.41, 5.74) is 1.01. The molecule has 0 spiro atoms. The first-order valence-corrected chi connectivity index (χ1v) is 6.32. The minimum absolute atomic E-state index is 0.554. The lowest BCUT2D eigenvalue weighted by Crippen LogP contribution is -2.30. The van der Waals surface area contributed by atoms with Crippen LogP contribution in [0.2, 0.25) is 5.15 Å². The van der Waals surface area contributed by atoms with Gasteiger partial charge in [0.2, 0.25) is 0 Å². The van der Waals surface area contributed by atoms with E-state index in [2.05, 4.69) is 23.7 Å². The first-order chi connectivity index (χ1) is 8.11. The predicted molar refractivity (Wildman–Crippen MR) is 71.2 cm³/mol. The highest BCUT2D eigenvalue weighted by molar-refractivity contribution is 6.29. The third-order valence-electron chi connectivity index (χ3n) is 2.39. The van der Waals surface area contributed by atoms with Crippen molar-refractivity contribution >= 4 is 11.6 Å². The second-order valence-electron chi connectivity index (χ2n) is 4.57. The molecule has 1 rings (SSSR count). The number of methoxy groups -OCH3 is 1. The van der Waals surface area contributed by atoms with Gasteiger partial charge in [0.1, 0.15) is 5.15 Å². The van der Waals surface area contributed by atoms with E-state index < -0.39 is 0 Å². The van der Waals surface area contributed by atoms with Crippen molar-refractivity contribution in [3.05, 3.63) is 29.0 Å². The Morgan fingerprint density at radius 3 is 2.76 bits per heavy atom. The Balaban J connectivity index is 2.58. The summed E-state index contributed by atoms with van der Waals surface area (Å²) in [5.74, 6) is 0.631. The topological polar surface area (TPSA) is 25.4 Å². The molecule has 0 aromatic carbocycles. The minimum atomic E-state index is 0.554. The van der Waals surface area contributed by atoms with E-state index in [0.717, 1.165) is 31.9 Å². The monoisotopic (exact) mass is 256 g/mol. The Hall–Kier alpha value is -0.640. The summed E-state index contributed by atoms with van der Waals surface area (Å²) in [6, 6.07) is 5.74. The maximum atomic E-state index is 5.88. The van der Waals surface area contributed by atoms with E-state index in [1.807, 2.05) is 12.1 Å². The van der Waals surface area contributed by atoms with Crippen molar-refractivity contribution in [3.8, 4) is 0 Å². The van der Waals surface area contributed by atoms with Crippen LogP contribution < -0.4 is 0 Å². The zero-order chi connectivity index (χ0) is 12.7. The van der Waals surface area contributed by atoms with Gasteiger partial charge in [-0.15, -0.1) is 0 Å². The molecule has 0 aliphatic carbocycles. The van der Waals surface area contributed by atoms with Crippen LogP contribution in [0, 0.1) is 5.92 Å². The predicted octanol–water partition coefficient (Wildman–Crippen LogP) is 2.84. The van der Waals surface area contributed by atoms with E-state index in [-0.39, 0.29) is 0 Å². The van der Waals surface area contributed by atoms with Gasteiger partial charge in [0, 0.05) is 26.7 Å². The molecule has 0 unspecified atom stereocenters. The van der Waals surface area contributed by atoms with Gasteiger partial charge in [-0.3, -0.25) is 4.90 Å². The number of nitrogens with zero attached hydrogens (tertiary/aromatic N) is 2. The SMILES string of the molecule is COCCN(Cc1cccc(Cl)n1)CC(C)C. The first-order valence-electron chi connectivity index (χ1n) is 5.94. The van der Waals surface area contributed by atoms with E-state index in [9.17, 15) is 0 Å². The molecule has 1 heterocycles. The largest absolute Gasteiger partial charge is 0.383 e. The van der Waals surface area contributed by atoms with E-state index in [1.165, 1.54) is 0 Å². The summed E-state index contributed by atoms with van der Waals surface area (Å²) in [6.45, 7) is 7.95. The molecule has 3 nitrogen and oxygen atoms in total. The molecular formula is C13H21ClN2O. The van der Waals surface area contributed by atoms with Crippen LogP contribution in [-0.4, -0.2) is 36.7 Å². The van der Waals surface area contributed by atoms with Crippen molar-refractivity contribution in [1.29, 1.82) is 0 Å². The number of halogens is 1. The highest BCUT2D eigenvalue weighted by Crippen LogP contribution is 2.09. The van der Waals surface area contributed by atoms with Crippen LogP contribution in [0.4, 0.5) is 0 Å². The van der Waals surface area contributed by atoms with Gasteiger partial charge in [-0.1, -0.05) is 31.5 Å². The van der Waals surface area contributed by atoms with Crippen LogP contribution in [-0.2, 0) is 11.3 Å². The molecule has 1 aromatic rings. The van der Waals surface area contributed by atoms with Crippen LogP contribution >= 0.6 is 11.6 Å². The van der Waals surface area contributed by atoms with E-state index in [1.54, 1.807) is 13.2 Å². The molecule has 0 saturated carbocycles. The second kappa shape index (κ2) is 7.64. The molecule has 4 heteroatoms. The molecule has 0 amide bonds. The van der Waals surface area contributed by atoms with Crippen molar-refractivity contribution in [1.82, 2.24) is 9.88 Å². The summed E-state index contributed by atoms with van der Waals surface area (Å²) < 4.78 is 5.13. The summed E-state index contributed by atoms with van der Waals surface area (Å²) in [6.07, 6.45) is 0. The smallest absolute Gasteiger partial charge is 0.129 e. The molecule has 0 atom stereocenters. The van der Waals surface area contributed by atoms with Gasteiger partial charge in [0.25, 0.3) is 0 Å². The fraction of sp³-hybridized carbons (Fsp3) is 0.615. The van der Waals surface area contributed by atoms with Gasteiger partial charge in [-0.05, 0) is 18.1 Å². The highest BCUT2D eigenvalue weighted by Gasteiger charge is 2.09. The third-order valence-corrected chi connectivity index (χ3v) is 2.60. The van der Waals surface area contributed by atoms with Gasteiger partial charge in [0.05, 0.1) is 12.3 Å². The lowest BCUT2D eigenvalue weighted by atomic mass is 10.2. The van der Waals surface area contributed by atoms with E-state index in [0.29, 0.717) is 11.1 Å². The molecule has 0 aliphatic heterocycles. The molecule has 0 aliphatic rings. The maximum absolute atomic E-state index is 5.88. The van der Waals surface area contributed by atoms with Crippen molar-refractivity contribution < 1.29 is 4.74 Å². The lowest BCUT2D eigenvalue weighted by Gasteiger charge is -2.23. The summed E-state index contributed by atoms with van der Waals surface area (Å²) in [5, 5.41) is 0.554. The zero-order valence-corrected chi connectivity index (χ0v) is 11.6. The number of hydrogen-bond acceptors (Lipinski definition) is 3. The molecule has 0 saturated heterocycles. The quantitative estimate of drug-likeness (QED) is 0.702. The van der Waals surface area contributed by atoms with Crippen molar-refractivity contribution in [3.63, 3.8) is 0 Å². The van der Waals surface area contributed by atoms with Crippen LogP contribution in [0.25, 0.3) is 0 Å². The average Bonchev–Trinajstić information content (AvgIpc) is 2.25. The molecule has 96 valence electrons. The molecule has 0 N–H and O–H groups in total. The maximum Gasteiger partial charge on any atom is 0.129 e. The Morgan fingerprint density at radius 1 is 1.41 bits per heavy atom. The van der Waals surface area contributed by atoms with Gasteiger partial charge in [-0.2, -0.15) is 0 Å². The van der Waals surface area contributed by atoms with Crippen molar-refractivity contribution in [2.24, 2.45) is 5.92 Å². The average molecular weight is 257 g/mol. The first kappa shape index (κ1) is 14.4. The second-order valence-corrected chi connectivity index (χ2v) is 4.96. The van der Waals surface area contributed by atoms with Gasteiger partial charge in [-0.25, -0.2) is 4.98 Å². The normalized spacial score (nSPS) is 11.4. The van der Waals surface area contributed by atoms with E-state index in [4.69, 9.17) is 16.3 Å². The minimum Gasteiger partial charge on any atom is -0.383 e. The number of rotatable bonds is 7. The van der Waals surface area contributed by atoms with Crippen LogP contribution in [0.3, 0.4) is 0 Å². The molecule has 0 fully saturated rings. The summed E-state index contributed by atoms with van der Waals surface area (Å²) in [7, 11) is 1.73. The number of aromatic nitrogens is 1. The number of ether oxygens (including phenoxy) is 1. The standard InChI is InChI=1S/C13H21ClN2O/c1-11(2)9-16(7-8-17-3)10-12-5-4-6-13(14)15-12/h4-6,11H,7-10H2,1-3H3. The number of pyridine rings is 1. The molecule has 17 heavy (non-hydrogen) atoms. The summed E-state index contributed by atoms with van der Waals surface area (Å²) >= 11 is 5.88. The Kier molecular flexibility index (Phi) is 6.48. The van der Waals surface area contributed by atoms with E-state index >= 15 is 0 Å². The third kappa shape index (κ3) is 6.01. The fourth-order valence-corrected chi connectivity index (χ4v) is 1.92. The number of hydrogen-bond donors (Lipinski definition) is 0. The van der Waals surface area contributed by atoms with Crippen LogP contribution in [0.1, 0.15) is 19.5 Å². The Bertz CT molecular complexity index is 331. The Labute approximate surface area is 109 Å². The van der Waals surface area contributed by atoms with Crippen LogP contribution in [0.5, 0.6) is 0 Å². The van der Waals surface area contributed by atoms with Gasteiger partial charge >= 0.3 is 0 Å². The van der Waals surface area contributed by atoms with Crippen LogP contribution in [0.15, 0.2) is 18.2 Å². The lowest BCUT2D eigenvalue weighted by molar-refractivity contribution is 0.135. The fourth-order valence-electron chi connectivity index (χ4n) is 1.74. The zero-order valence-electron chi connectivity index (χ0n) is 10.8. The molecule has 0 bridgehead atoms. The van der Waals surface area contributed by atoms with Crippen molar-refractivity contribution in [2.45, 2.75) is 20.4 Å². The molecular weight excluding hydrogens is 236 g/mol. The van der Waals surface area contributed by atoms with Gasteiger partial charge < -0.3 is 4.74 Å². The Morgan fingerprint density at radius 2 is 2.18 bits per heavy atom. The highest BCUT2D eigenvalue weighted by atomic mass is 35.5. The molecule has 0 radical (unpaired) electrons.